The SMILES string of the molecule is O=c1c2ccccc2c(-c2ccc(Br)cc2)nn1C[C@@H](O)c1ccccc1. The van der Waals surface area contributed by atoms with Gasteiger partial charge in [-0.15, -0.1) is 0 Å². The van der Waals surface area contributed by atoms with Gasteiger partial charge in [-0.25, -0.2) is 4.68 Å². The Labute approximate surface area is 164 Å². The van der Waals surface area contributed by atoms with E-state index in [1.165, 1.54) is 4.68 Å². The zero-order valence-corrected chi connectivity index (χ0v) is 16.0. The van der Waals surface area contributed by atoms with Crippen LogP contribution in [0, 0.1) is 0 Å². The third-order valence-corrected chi connectivity index (χ3v) is 5.04. The molecule has 0 aliphatic carbocycles. The first-order valence-electron chi connectivity index (χ1n) is 8.62. The fourth-order valence-corrected chi connectivity index (χ4v) is 3.39. The summed E-state index contributed by atoms with van der Waals surface area (Å²) >= 11 is 3.44. The Morgan fingerprint density at radius 1 is 0.889 bits per heavy atom. The second kappa shape index (κ2) is 7.47. The number of hydrogen-bond donors (Lipinski definition) is 1. The van der Waals surface area contributed by atoms with E-state index in [1.54, 1.807) is 6.07 Å². The maximum atomic E-state index is 12.9. The summed E-state index contributed by atoms with van der Waals surface area (Å²) in [5, 5.41) is 16.5. The summed E-state index contributed by atoms with van der Waals surface area (Å²) < 4.78 is 2.33. The van der Waals surface area contributed by atoms with Gasteiger partial charge < -0.3 is 5.11 Å². The van der Waals surface area contributed by atoms with Crippen LogP contribution in [0.4, 0.5) is 0 Å². The molecule has 0 saturated carbocycles. The highest BCUT2D eigenvalue weighted by atomic mass is 79.9. The first kappa shape index (κ1) is 17.6. The lowest BCUT2D eigenvalue weighted by molar-refractivity contribution is 0.150. The fraction of sp³-hybridized carbons (Fsp3) is 0.0909. The summed E-state index contributed by atoms with van der Waals surface area (Å²) in [6, 6.07) is 24.5. The lowest BCUT2D eigenvalue weighted by atomic mass is 10.0. The van der Waals surface area contributed by atoms with E-state index in [9.17, 15) is 9.90 Å². The summed E-state index contributed by atoms with van der Waals surface area (Å²) in [5.41, 5.74) is 2.18. The van der Waals surface area contributed by atoms with Crippen LogP contribution in [0.2, 0.25) is 0 Å². The van der Waals surface area contributed by atoms with E-state index in [0.717, 1.165) is 26.7 Å². The van der Waals surface area contributed by atoms with Crippen molar-refractivity contribution in [3.8, 4) is 11.3 Å². The van der Waals surface area contributed by atoms with Crippen LogP contribution in [0.5, 0.6) is 0 Å². The minimum atomic E-state index is -0.810. The van der Waals surface area contributed by atoms with E-state index in [4.69, 9.17) is 0 Å². The van der Waals surface area contributed by atoms with E-state index in [-0.39, 0.29) is 12.1 Å². The van der Waals surface area contributed by atoms with Crippen molar-refractivity contribution >= 4 is 26.7 Å². The highest BCUT2D eigenvalue weighted by Crippen LogP contribution is 2.26. The molecule has 4 rings (SSSR count). The van der Waals surface area contributed by atoms with Gasteiger partial charge in [0.2, 0.25) is 0 Å². The Hall–Kier alpha value is -2.76. The van der Waals surface area contributed by atoms with Crippen LogP contribution in [-0.2, 0) is 6.54 Å². The third kappa shape index (κ3) is 3.56. The van der Waals surface area contributed by atoms with Crippen LogP contribution in [0.25, 0.3) is 22.0 Å². The molecule has 1 atom stereocenters. The molecule has 0 bridgehead atoms. The number of benzene rings is 3. The molecular weight excluding hydrogens is 404 g/mol. The maximum Gasteiger partial charge on any atom is 0.274 e. The average Bonchev–Trinajstić information content (AvgIpc) is 2.71. The number of halogens is 1. The molecule has 0 radical (unpaired) electrons. The van der Waals surface area contributed by atoms with Crippen molar-refractivity contribution in [2.75, 3.05) is 0 Å². The fourth-order valence-electron chi connectivity index (χ4n) is 3.12. The van der Waals surface area contributed by atoms with Crippen LogP contribution in [0.3, 0.4) is 0 Å². The number of aromatic nitrogens is 2. The molecule has 1 heterocycles. The van der Waals surface area contributed by atoms with E-state index >= 15 is 0 Å². The summed E-state index contributed by atoms with van der Waals surface area (Å²) in [6.45, 7) is 0.0945. The van der Waals surface area contributed by atoms with Crippen molar-refractivity contribution in [2.45, 2.75) is 12.6 Å². The topological polar surface area (TPSA) is 55.1 Å². The Bertz CT molecular complexity index is 1140. The third-order valence-electron chi connectivity index (χ3n) is 4.52. The molecule has 0 saturated heterocycles. The van der Waals surface area contributed by atoms with Gasteiger partial charge in [0.15, 0.2) is 0 Å². The van der Waals surface area contributed by atoms with Gasteiger partial charge in [0.05, 0.1) is 23.7 Å². The minimum Gasteiger partial charge on any atom is -0.386 e. The van der Waals surface area contributed by atoms with Gasteiger partial charge in [-0.05, 0) is 23.8 Å². The molecule has 134 valence electrons. The van der Waals surface area contributed by atoms with Gasteiger partial charge in [-0.1, -0.05) is 76.6 Å². The van der Waals surface area contributed by atoms with Crippen molar-refractivity contribution in [1.82, 2.24) is 9.78 Å². The van der Waals surface area contributed by atoms with Crippen LogP contribution >= 0.6 is 15.9 Å². The monoisotopic (exact) mass is 420 g/mol. The highest BCUT2D eigenvalue weighted by molar-refractivity contribution is 9.10. The second-order valence-electron chi connectivity index (χ2n) is 6.31. The largest absolute Gasteiger partial charge is 0.386 e. The molecule has 4 nitrogen and oxygen atoms in total. The van der Waals surface area contributed by atoms with Gasteiger partial charge in [0.25, 0.3) is 5.56 Å². The van der Waals surface area contributed by atoms with E-state index in [2.05, 4.69) is 21.0 Å². The lowest BCUT2D eigenvalue weighted by Crippen LogP contribution is -2.26. The summed E-state index contributed by atoms with van der Waals surface area (Å²) in [6.07, 6.45) is -0.810. The molecule has 1 N–H and O–H groups in total. The molecule has 3 aromatic carbocycles. The van der Waals surface area contributed by atoms with Crippen molar-refractivity contribution in [2.24, 2.45) is 0 Å². The van der Waals surface area contributed by atoms with E-state index < -0.39 is 6.10 Å². The Kier molecular flexibility index (Phi) is 4.88. The van der Waals surface area contributed by atoms with Crippen molar-refractivity contribution < 1.29 is 5.11 Å². The molecular formula is C22H17BrN2O2. The first-order chi connectivity index (χ1) is 13.1. The maximum absolute atomic E-state index is 12.9. The minimum absolute atomic E-state index is 0.0945. The van der Waals surface area contributed by atoms with Gasteiger partial charge in [-0.3, -0.25) is 4.79 Å². The molecule has 0 aliphatic rings. The van der Waals surface area contributed by atoms with Crippen LogP contribution in [0.15, 0.2) is 88.1 Å². The number of hydrogen-bond acceptors (Lipinski definition) is 3. The average molecular weight is 421 g/mol. The molecule has 27 heavy (non-hydrogen) atoms. The van der Waals surface area contributed by atoms with Crippen molar-refractivity contribution in [1.29, 1.82) is 0 Å². The molecule has 0 aliphatic heterocycles. The summed E-state index contributed by atoms with van der Waals surface area (Å²) in [4.78, 5) is 12.9. The lowest BCUT2D eigenvalue weighted by Gasteiger charge is -2.15. The van der Waals surface area contributed by atoms with Gasteiger partial charge in [0.1, 0.15) is 0 Å². The molecule has 1 aromatic heterocycles. The molecule has 0 unspecified atom stereocenters. The number of aliphatic hydroxyl groups is 1. The Balaban J connectivity index is 1.85. The zero-order chi connectivity index (χ0) is 18.8. The summed E-state index contributed by atoms with van der Waals surface area (Å²) in [5.74, 6) is 0. The number of fused-ring (bicyclic) bond motifs is 1. The van der Waals surface area contributed by atoms with Gasteiger partial charge in [0, 0.05) is 15.4 Å². The zero-order valence-electron chi connectivity index (χ0n) is 14.4. The van der Waals surface area contributed by atoms with Crippen molar-refractivity contribution in [3.05, 3.63) is 99.3 Å². The van der Waals surface area contributed by atoms with E-state index in [1.807, 2.05) is 72.8 Å². The smallest absolute Gasteiger partial charge is 0.274 e. The Morgan fingerprint density at radius 3 is 2.22 bits per heavy atom. The predicted octanol–water partition coefficient (Wildman–Crippen LogP) is 4.56. The normalized spacial score (nSPS) is 12.2. The molecule has 5 heteroatoms. The molecule has 4 aromatic rings. The van der Waals surface area contributed by atoms with Crippen LogP contribution < -0.4 is 5.56 Å². The highest BCUT2D eigenvalue weighted by Gasteiger charge is 2.15. The Morgan fingerprint density at radius 2 is 1.52 bits per heavy atom. The number of aliphatic hydroxyl groups excluding tert-OH is 1. The molecule has 0 fully saturated rings. The first-order valence-corrected chi connectivity index (χ1v) is 9.41. The van der Waals surface area contributed by atoms with Gasteiger partial charge in [-0.2, -0.15) is 5.10 Å². The number of nitrogens with zero attached hydrogens (tertiary/aromatic N) is 2. The van der Waals surface area contributed by atoms with Gasteiger partial charge >= 0.3 is 0 Å². The quantitative estimate of drug-likeness (QED) is 0.526. The predicted molar refractivity (Wildman–Crippen MR) is 111 cm³/mol. The number of rotatable bonds is 4. The van der Waals surface area contributed by atoms with Crippen LogP contribution in [-0.4, -0.2) is 14.9 Å². The van der Waals surface area contributed by atoms with Crippen molar-refractivity contribution in [3.63, 3.8) is 0 Å². The molecule has 0 spiro atoms. The molecule has 0 amide bonds. The second-order valence-corrected chi connectivity index (χ2v) is 7.23. The standard InChI is InChI=1S/C22H17BrN2O2/c23-17-12-10-16(11-13-17)21-18-8-4-5-9-19(18)22(27)25(24-21)14-20(26)15-6-2-1-3-7-15/h1-13,20,26H,14H2/t20-/m1/s1. The summed E-state index contributed by atoms with van der Waals surface area (Å²) in [7, 11) is 0. The van der Waals surface area contributed by atoms with E-state index in [0.29, 0.717) is 5.39 Å². The van der Waals surface area contributed by atoms with Crippen LogP contribution in [0.1, 0.15) is 11.7 Å².